The second-order valence-corrected chi connectivity index (χ2v) is 9.05. The number of ether oxygens (including phenoxy) is 1. The number of amides is 3. The van der Waals surface area contributed by atoms with Crippen molar-refractivity contribution in [3.05, 3.63) is 108 Å². The monoisotopic (exact) mass is 509 g/mol. The molecule has 0 aliphatic carbocycles. The van der Waals surface area contributed by atoms with Crippen LogP contribution in [0, 0.1) is 6.92 Å². The van der Waals surface area contributed by atoms with Crippen LogP contribution in [0.4, 0.5) is 10.5 Å². The highest BCUT2D eigenvalue weighted by atomic mass is 16.6. The number of carbonyl (C=O) groups excluding carboxylic acids is 3. The van der Waals surface area contributed by atoms with Crippen molar-refractivity contribution in [3.8, 4) is 17.1 Å². The fourth-order valence-corrected chi connectivity index (χ4v) is 4.35. The van der Waals surface area contributed by atoms with E-state index in [1.165, 1.54) is 4.90 Å². The molecule has 3 amide bonds. The van der Waals surface area contributed by atoms with Crippen molar-refractivity contribution < 1.29 is 23.5 Å². The number of para-hydroxylation sites is 1. The Morgan fingerprint density at radius 1 is 0.895 bits per heavy atom. The van der Waals surface area contributed by atoms with Gasteiger partial charge in [0.1, 0.15) is 17.6 Å². The van der Waals surface area contributed by atoms with Gasteiger partial charge in [0.05, 0.1) is 12.8 Å². The predicted molar refractivity (Wildman–Crippen MR) is 143 cm³/mol. The molecule has 0 spiro atoms. The summed E-state index contributed by atoms with van der Waals surface area (Å²) >= 11 is 0. The Kier molecular flexibility index (Phi) is 7.21. The number of benzene rings is 3. The number of nitrogens with zero attached hydrogens (tertiary/aromatic N) is 2. The van der Waals surface area contributed by atoms with Gasteiger partial charge in [-0.05, 0) is 55.5 Å². The minimum atomic E-state index is -0.946. The number of carbonyl (C=O) groups is 3. The summed E-state index contributed by atoms with van der Waals surface area (Å²) in [5.74, 6) is 0.398. The van der Waals surface area contributed by atoms with Crippen molar-refractivity contribution in [2.45, 2.75) is 13.0 Å². The van der Waals surface area contributed by atoms with Gasteiger partial charge >= 0.3 is 6.09 Å². The molecule has 3 aromatic carbocycles. The van der Waals surface area contributed by atoms with Gasteiger partial charge in [-0.25, -0.2) is 4.79 Å². The molecule has 8 heteroatoms. The second kappa shape index (κ2) is 11.0. The topological polar surface area (TPSA) is 92.1 Å². The summed E-state index contributed by atoms with van der Waals surface area (Å²) in [4.78, 5) is 43.0. The lowest BCUT2D eigenvalue weighted by atomic mass is 10.1. The Balaban J connectivity index is 1.37. The smallest absolute Gasteiger partial charge is 0.416 e. The van der Waals surface area contributed by atoms with Gasteiger partial charge in [0, 0.05) is 29.9 Å². The standard InChI is InChI=1S/C30H27N3O5/c1-21-12-14-24(15-13-21)31-28(34)26-20-32(16-17-33(26)30(36)38-25-9-3-2-4-10-25)29(35)23-8-5-7-22(19-23)27-11-6-18-37-27/h2-15,18-19,26H,16-17,20H2,1H3,(H,31,34). The molecule has 1 unspecified atom stereocenters. The Hall–Kier alpha value is -4.85. The van der Waals surface area contributed by atoms with Crippen LogP contribution in [0.1, 0.15) is 15.9 Å². The number of anilines is 1. The number of hydrogen-bond donors (Lipinski definition) is 1. The zero-order valence-corrected chi connectivity index (χ0v) is 20.9. The fourth-order valence-electron chi connectivity index (χ4n) is 4.35. The Morgan fingerprint density at radius 2 is 1.68 bits per heavy atom. The molecule has 5 rings (SSSR count). The van der Waals surface area contributed by atoms with Gasteiger partial charge < -0.3 is 19.4 Å². The second-order valence-electron chi connectivity index (χ2n) is 9.05. The summed E-state index contributed by atoms with van der Waals surface area (Å²) in [7, 11) is 0. The molecule has 0 saturated carbocycles. The van der Waals surface area contributed by atoms with Crippen molar-refractivity contribution in [2.24, 2.45) is 0 Å². The Bertz CT molecular complexity index is 1420. The highest BCUT2D eigenvalue weighted by Crippen LogP contribution is 2.23. The maximum atomic E-state index is 13.5. The number of aryl methyl sites for hydroxylation is 1. The number of furan rings is 1. The van der Waals surface area contributed by atoms with Crippen molar-refractivity contribution in [1.82, 2.24) is 9.80 Å². The van der Waals surface area contributed by atoms with Crippen LogP contribution in [0.25, 0.3) is 11.3 Å². The molecular weight excluding hydrogens is 482 g/mol. The molecule has 0 bridgehead atoms. The molecule has 1 fully saturated rings. The molecule has 38 heavy (non-hydrogen) atoms. The average Bonchev–Trinajstić information content (AvgIpc) is 3.49. The fraction of sp³-hybridized carbons (Fsp3) is 0.167. The van der Waals surface area contributed by atoms with Crippen LogP contribution in [-0.2, 0) is 4.79 Å². The Labute approximate surface area is 220 Å². The zero-order chi connectivity index (χ0) is 26.5. The first-order valence-electron chi connectivity index (χ1n) is 12.3. The minimum Gasteiger partial charge on any atom is -0.464 e. The van der Waals surface area contributed by atoms with Gasteiger partial charge in [-0.3, -0.25) is 14.5 Å². The molecule has 1 N–H and O–H groups in total. The van der Waals surface area contributed by atoms with E-state index in [2.05, 4.69) is 5.32 Å². The summed E-state index contributed by atoms with van der Waals surface area (Å²) in [6.07, 6.45) is 0.932. The van der Waals surface area contributed by atoms with Gasteiger partial charge in [0.25, 0.3) is 5.91 Å². The van der Waals surface area contributed by atoms with Crippen LogP contribution in [-0.4, -0.2) is 53.4 Å². The highest BCUT2D eigenvalue weighted by Gasteiger charge is 2.38. The SMILES string of the molecule is Cc1ccc(NC(=O)C2CN(C(=O)c3cccc(-c4ccco4)c3)CCN2C(=O)Oc2ccccc2)cc1. The number of piperazine rings is 1. The minimum absolute atomic E-state index is 0.0192. The molecule has 8 nitrogen and oxygen atoms in total. The van der Waals surface area contributed by atoms with Crippen LogP contribution in [0.3, 0.4) is 0 Å². The van der Waals surface area contributed by atoms with Gasteiger partial charge in [-0.1, -0.05) is 48.0 Å². The molecule has 1 aliphatic heterocycles. The molecule has 1 aliphatic rings. The van der Waals surface area contributed by atoms with E-state index in [4.69, 9.17) is 9.15 Å². The van der Waals surface area contributed by atoms with E-state index < -0.39 is 18.0 Å². The number of hydrogen-bond acceptors (Lipinski definition) is 5. The van der Waals surface area contributed by atoms with E-state index in [0.717, 1.165) is 11.1 Å². The summed E-state index contributed by atoms with van der Waals surface area (Å²) in [5.41, 5.74) is 2.91. The molecular formula is C30H27N3O5. The summed E-state index contributed by atoms with van der Waals surface area (Å²) in [6, 6.07) is 25.9. The van der Waals surface area contributed by atoms with Crippen molar-refractivity contribution >= 4 is 23.6 Å². The lowest BCUT2D eigenvalue weighted by Crippen LogP contribution is -2.61. The number of nitrogens with one attached hydrogen (secondary N) is 1. The predicted octanol–water partition coefficient (Wildman–Crippen LogP) is 5.22. The molecule has 192 valence electrons. The maximum Gasteiger partial charge on any atom is 0.416 e. The van der Waals surface area contributed by atoms with Crippen LogP contribution < -0.4 is 10.1 Å². The van der Waals surface area contributed by atoms with E-state index in [1.54, 1.807) is 71.8 Å². The quantitative estimate of drug-likeness (QED) is 0.398. The third kappa shape index (κ3) is 5.59. The number of rotatable bonds is 5. The molecule has 1 saturated heterocycles. The van der Waals surface area contributed by atoms with Crippen LogP contribution in [0.15, 0.2) is 102 Å². The molecule has 0 radical (unpaired) electrons. The van der Waals surface area contributed by atoms with Gasteiger partial charge in [-0.2, -0.15) is 0 Å². The van der Waals surface area contributed by atoms with Crippen molar-refractivity contribution in [1.29, 1.82) is 0 Å². The van der Waals surface area contributed by atoms with Crippen LogP contribution in [0.2, 0.25) is 0 Å². The van der Waals surface area contributed by atoms with Gasteiger partial charge in [0.2, 0.25) is 5.91 Å². The third-order valence-electron chi connectivity index (χ3n) is 6.39. The van der Waals surface area contributed by atoms with Gasteiger partial charge in [0.15, 0.2) is 0 Å². The summed E-state index contributed by atoms with van der Waals surface area (Å²) in [5, 5.41) is 2.88. The van der Waals surface area contributed by atoms with E-state index in [1.807, 2.05) is 37.3 Å². The first-order valence-corrected chi connectivity index (χ1v) is 12.3. The van der Waals surface area contributed by atoms with E-state index in [0.29, 0.717) is 22.8 Å². The third-order valence-corrected chi connectivity index (χ3v) is 6.39. The van der Waals surface area contributed by atoms with E-state index >= 15 is 0 Å². The summed E-state index contributed by atoms with van der Waals surface area (Å²) in [6.45, 7) is 2.37. The highest BCUT2D eigenvalue weighted by molar-refractivity contribution is 5.99. The van der Waals surface area contributed by atoms with Crippen LogP contribution >= 0.6 is 0 Å². The van der Waals surface area contributed by atoms with Crippen LogP contribution in [0.5, 0.6) is 5.75 Å². The first-order chi connectivity index (χ1) is 18.5. The van der Waals surface area contributed by atoms with E-state index in [-0.39, 0.29) is 25.5 Å². The molecule has 1 atom stereocenters. The van der Waals surface area contributed by atoms with Crippen molar-refractivity contribution in [3.63, 3.8) is 0 Å². The average molecular weight is 510 g/mol. The summed E-state index contributed by atoms with van der Waals surface area (Å²) < 4.78 is 11.0. The molecule has 2 heterocycles. The lowest BCUT2D eigenvalue weighted by molar-refractivity contribution is -0.122. The van der Waals surface area contributed by atoms with E-state index in [9.17, 15) is 14.4 Å². The van der Waals surface area contributed by atoms with Gasteiger partial charge in [-0.15, -0.1) is 0 Å². The normalized spacial score (nSPS) is 15.1. The molecule has 4 aromatic rings. The maximum absolute atomic E-state index is 13.5. The Morgan fingerprint density at radius 3 is 2.42 bits per heavy atom. The zero-order valence-electron chi connectivity index (χ0n) is 20.9. The largest absolute Gasteiger partial charge is 0.464 e. The van der Waals surface area contributed by atoms with Crippen molar-refractivity contribution in [2.75, 3.05) is 25.0 Å². The lowest BCUT2D eigenvalue weighted by Gasteiger charge is -2.39. The first kappa shape index (κ1) is 24.8. The molecule has 1 aromatic heterocycles.